The number of ether oxygens (including phenoxy) is 1. The van der Waals surface area contributed by atoms with E-state index in [0.29, 0.717) is 12.4 Å². The first-order valence-electron chi connectivity index (χ1n) is 12.2. The summed E-state index contributed by atoms with van der Waals surface area (Å²) in [5.41, 5.74) is 0.760. The Morgan fingerprint density at radius 3 is 2.17 bits per heavy atom. The van der Waals surface area contributed by atoms with Gasteiger partial charge in [-0.2, -0.15) is 8.42 Å². The van der Waals surface area contributed by atoms with Crippen LogP contribution in [0.25, 0.3) is 6.08 Å². The minimum atomic E-state index is -4.24. The fraction of sp³-hybridized carbons (Fsp3) is 0.0333. The van der Waals surface area contributed by atoms with Crippen LogP contribution in [-0.4, -0.2) is 26.3 Å². The van der Waals surface area contributed by atoms with Crippen LogP contribution in [0.5, 0.6) is 11.5 Å². The van der Waals surface area contributed by atoms with Crippen LogP contribution in [0.3, 0.4) is 0 Å². The average Bonchev–Trinajstić information content (AvgIpc) is 2.97. The highest BCUT2D eigenvalue weighted by Gasteiger charge is 2.37. The lowest BCUT2D eigenvalue weighted by atomic mass is 10.1. The van der Waals surface area contributed by atoms with Gasteiger partial charge in [-0.1, -0.05) is 60.1 Å². The topological polar surface area (TPSA) is 119 Å². The molecule has 4 aromatic carbocycles. The Balaban J connectivity index is 1.41. The number of urea groups is 1. The van der Waals surface area contributed by atoms with Crippen LogP contribution in [0.4, 0.5) is 10.5 Å². The van der Waals surface area contributed by atoms with Crippen molar-refractivity contribution >= 4 is 51.3 Å². The van der Waals surface area contributed by atoms with E-state index in [0.717, 1.165) is 16.5 Å². The van der Waals surface area contributed by atoms with Crippen LogP contribution in [-0.2, 0) is 26.3 Å². The summed E-state index contributed by atoms with van der Waals surface area (Å²) in [5.74, 6) is -1.55. The zero-order chi connectivity index (χ0) is 29.0. The van der Waals surface area contributed by atoms with Crippen molar-refractivity contribution in [3.63, 3.8) is 0 Å². The van der Waals surface area contributed by atoms with Gasteiger partial charge in [0.2, 0.25) is 0 Å². The quantitative estimate of drug-likeness (QED) is 0.167. The maximum atomic E-state index is 13.4. The summed E-state index contributed by atoms with van der Waals surface area (Å²) in [6.07, 6.45) is 1.12. The van der Waals surface area contributed by atoms with Crippen LogP contribution in [0.15, 0.2) is 114 Å². The highest BCUT2D eigenvalue weighted by Crippen LogP contribution is 2.30. The van der Waals surface area contributed by atoms with Crippen molar-refractivity contribution in [1.29, 1.82) is 0 Å². The average molecular weight is 589 g/mol. The Hall–Kier alpha value is -4.93. The van der Waals surface area contributed by atoms with E-state index in [4.69, 9.17) is 20.5 Å². The number of imide groups is 2. The third kappa shape index (κ3) is 6.29. The molecule has 0 bridgehead atoms. The molecule has 0 unspecified atom stereocenters. The molecule has 41 heavy (non-hydrogen) atoms. The molecule has 1 aliphatic heterocycles. The molecule has 1 fully saturated rings. The number of carbonyl (C=O) groups is 3. The van der Waals surface area contributed by atoms with Crippen LogP contribution in [0.1, 0.15) is 11.1 Å². The molecule has 0 aromatic heterocycles. The van der Waals surface area contributed by atoms with E-state index in [9.17, 15) is 22.8 Å². The van der Waals surface area contributed by atoms with Crippen LogP contribution in [0.2, 0.25) is 5.02 Å². The molecular weight excluding hydrogens is 568 g/mol. The molecule has 206 valence electrons. The highest BCUT2D eigenvalue weighted by atomic mass is 35.5. The summed E-state index contributed by atoms with van der Waals surface area (Å²) in [7, 11) is -4.24. The number of nitrogens with zero attached hydrogens (tertiary/aromatic N) is 1. The van der Waals surface area contributed by atoms with E-state index in [1.807, 2.05) is 30.3 Å². The lowest BCUT2D eigenvalue weighted by Crippen LogP contribution is -2.54. The molecule has 11 heteroatoms. The minimum absolute atomic E-state index is 0.0365. The molecule has 1 aliphatic rings. The Morgan fingerprint density at radius 1 is 0.829 bits per heavy atom. The summed E-state index contributed by atoms with van der Waals surface area (Å²) in [6, 6.07) is 26.3. The van der Waals surface area contributed by atoms with E-state index in [1.165, 1.54) is 42.5 Å². The van der Waals surface area contributed by atoms with E-state index in [-0.39, 0.29) is 26.9 Å². The first-order valence-corrected chi connectivity index (χ1v) is 14.0. The van der Waals surface area contributed by atoms with Crippen LogP contribution >= 0.6 is 11.6 Å². The molecule has 9 nitrogen and oxygen atoms in total. The monoisotopic (exact) mass is 588 g/mol. The number of hydrogen-bond acceptors (Lipinski definition) is 7. The molecule has 0 atom stereocenters. The maximum absolute atomic E-state index is 13.4. The standard InChI is InChI=1S/C30H21ClN2O7S/c31-22-11-16-27(40-41(37,38)25-9-5-2-6-10-25)21(17-22)18-26-28(34)32-30(36)33(29(26)35)23-12-14-24(15-13-23)39-19-20-7-3-1-4-8-20/h1-18H,19H2,(H,32,34,36)/b26-18+. The fourth-order valence-corrected chi connectivity index (χ4v) is 5.10. The Morgan fingerprint density at radius 2 is 1.49 bits per heavy atom. The lowest BCUT2D eigenvalue weighted by Gasteiger charge is -2.26. The molecule has 1 saturated heterocycles. The smallest absolute Gasteiger partial charge is 0.339 e. The number of amides is 4. The molecule has 1 heterocycles. The van der Waals surface area contributed by atoms with Gasteiger partial charge in [-0.05, 0) is 66.2 Å². The number of barbiturate groups is 1. The first-order chi connectivity index (χ1) is 19.7. The van der Waals surface area contributed by atoms with E-state index in [1.54, 1.807) is 30.3 Å². The van der Waals surface area contributed by atoms with Crippen molar-refractivity contribution in [2.45, 2.75) is 11.5 Å². The van der Waals surface area contributed by atoms with Gasteiger partial charge in [0.05, 0.1) is 5.69 Å². The number of anilines is 1. The maximum Gasteiger partial charge on any atom is 0.339 e. The molecule has 4 aromatic rings. The number of halogens is 1. The van der Waals surface area contributed by atoms with Crippen molar-refractivity contribution < 1.29 is 31.7 Å². The van der Waals surface area contributed by atoms with Gasteiger partial charge < -0.3 is 8.92 Å². The Labute approximate surface area is 240 Å². The van der Waals surface area contributed by atoms with Gasteiger partial charge in [0, 0.05) is 10.6 Å². The lowest BCUT2D eigenvalue weighted by molar-refractivity contribution is -0.122. The second-order valence-corrected chi connectivity index (χ2v) is 10.7. The zero-order valence-corrected chi connectivity index (χ0v) is 22.8. The number of nitrogens with one attached hydrogen (secondary N) is 1. The van der Waals surface area contributed by atoms with Gasteiger partial charge in [-0.25, -0.2) is 9.69 Å². The van der Waals surface area contributed by atoms with Gasteiger partial charge in [-0.3, -0.25) is 14.9 Å². The predicted octanol–water partition coefficient (Wildman–Crippen LogP) is 5.35. The summed E-state index contributed by atoms with van der Waals surface area (Å²) in [6.45, 7) is 0.328. The summed E-state index contributed by atoms with van der Waals surface area (Å²) >= 11 is 6.13. The Bertz CT molecular complexity index is 1760. The molecule has 0 spiro atoms. The molecule has 0 aliphatic carbocycles. The number of benzene rings is 4. The van der Waals surface area contributed by atoms with Crippen LogP contribution < -0.4 is 19.1 Å². The normalized spacial score (nSPS) is 14.6. The van der Waals surface area contributed by atoms with Gasteiger partial charge in [0.25, 0.3) is 11.8 Å². The molecule has 5 rings (SSSR count). The summed E-state index contributed by atoms with van der Waals surface area (Å²) < 4.78 is 36.7. The van der Waals surface area contributed by atoms with Gasteiger partial charge in [-0.15, -0.1) is 0 Å². The summed E-state index contributed by atoms with van der Waals surface area (Å²) in [5, 5.41) is 2.33. The van der Waals surface area contributed by atoms with Gasteiger partial charge >= 0.3 is 16.1 Å². The largest absolute Gasteiger partial charge is 0.489 e. The van der Waals surface area contributed by atoms with Crippen molar-refractivity contribution in [2.24, 2.45) is 0 Å². The van der Waals surface area contributed by atoms with Crippen molar-refractivity contribution in [3.8, 4) is 11.5 Å². The van der Waals surface area contributed by atoms with Crippen molar-refractivity contribution in [2.75, 3.05) is 4.90 Å². The summed E-state index contributed by atoms with van der Waals surface area (Å²) in [4.78, 5) is 39.5. The second-order valence-electron chi connectivity index (χ2n) is 8.76. The second kappa shape index (κ2) is 11.7. The number of rotatable bonds is 8. The van der Waals surface area contributed by atoms with Crippen molar-refractivity contribution in [1.82, 2.24) is 5.32 Å². The SMILES string of the molecule is O=C1NC(=O)N(c2ccc(OCc3ccccc3)cc2)C(=O)/C1=C/c1cc(Cl)ccc1OS(=O)(=O)c1ccccc1. The third-order valence-corrected chi connectivity index (χ3v) is 7.43. The van der Waals surface area contributed by atoms with Crippen molar-refractivity contribution in [3.05, 3.63) is 125 Å². The van der Waals surface area contributed by atoms with Crippen LogP contribution in [0, 0.1) is 0 Å². The highest BCUT2D eigenvalue weighted by molar-refractivity contribution is 7.87. The first kappa shape index (κ1) is 27.6. The minimum Gasteiger partial charge on any atom is -0.489 e. The van der Waals surface area contributed by atoms with E-state index >= 15 is 0 Å². The van der Waals surface area contributed by atoms with Gasteiger partial charge in [0.15, 0.2) is 0 Å². The molecule has 4 amide bonds. The third-order valence-electron chi connectivity index (χ3n) is 5.95. The fourth-order valence-electron chi connectivity index (χ4n) is 3.94. The van der Waals surface area contributed by atoms with E-state index in [2.05, 4.69) is 5.32 Å². The molecule has 1 N–H and O–H groups in total. The number of hydrogen-bond donors (Lipinski definition) is 1. The van der Waals surface area contributed by atoms with Gasteiger partial charge in [0.1, 0.15) is 28.6 Å². The molecule has 0 saturated carbocycles. The molecule has 0 radical (unpaired) electrons. The Kier molecular flexibility index (Phi) is 7.86. The molecular formula is C30H21ClN2O7S. The van der Waals surface area contributed by atoms with E-state index < -0.39 is 33.5 Å². The zero-order valence-electron chi connectivity index (χ0n) is 21.2. The number of carbonyl (C=O) groups excluding carboxylic acids is 3. The predicted molar refractivity (Wildman–Crippen MR) is 152 cm³/mol.